The lowest BCUT2D eigenvalue weighted by Crippen LogP contribution is -2.39. The first-order valence-electron chi connectivity index (χ1n) is 8.61. The molecule has 3 heterocycles. The Balaban J connectivity index is 2.14. The SMILES string of the molecule is CC(CO)NC(=O)c1cc(-c2ccc(C(F)F)nc2)nn(-c2cccnc2)c1=O. The van der Waals surface area contributed by atoms with Gasteiger partial charge < -0.3 is 10.4 Å². The van der Waals surface area contributed by atoms with Crippen LogP contribution in [0.5, 0.6) is 0 Å². The molecule has 0 aromatic carbocycles. The highest BCUT2D eigenvalue weighted by atomic mass is 19.3. The normalized spacial score (nSPS) is 12.0. The smallest absolute Gasteiger partial charge is 0.284 e. The number of hydrogen-bond donors (Lipinski definition) is 2. The number of hydrogen-bond acceptors (Lipinski definition) is 6. The van der Waals surface area contributed by atoms with Gasteiger partial charge in [-0.1, -0.05) is 0 Å². The molecule has 29 heavy (non-hydrogen) atoms. The molecule has 3 rings (SSSR count). The maximum Gasteiger partial charge on any atom is 0.284 e. The maximum atomic E-state index is 12.8. The fourth-order valence-corrected chi connectivity index (χ4v) is 2.49. The Morgan fingerprint density at radius 2 is 2.07 bits per heavy atom. The molecule has 8 nitrogen and oxygen atoms in total. The first kappa shape index (κ1) is 20.2. The molecule has 150 valence electrons. The number of nitrogens with zero attached hydrogens (tertiary/aromatic N) is 4. The van der Waals surface area contributed by atoms with E-state index >= 15 is 0 Å². The summed E-state index contributed by atoms with van der Waals surface area (Å²) in [6.07, 6.45) is 1.39. The first-order chi connectivity index (χ1) is 13.9. The highest BCUT2D eigenvalue weighted by Gasteiger charge is 2.19. The average molecular weight is 401 g/mol. The number of alkyl halides is 2. The summed E-state index contributed by atoms with van der Waals surface area (Å²) in [5, 5.41) is 15.9. The zero-order valence-electron chi connectivity index (χ0n) is 15.3. The monoisotopic (exact) mass is 401 g/mol. The van der Waals surface area contributed by atoms with Gasteiger partial charge >= 0.3 is 0 Å². The second-order valence-corrected chi connectivity index (χ2v) is 6.20. The fraction of sp³-hybridized carbons (Fsp3) is 0.211. The minimum atomic E-state index is -2.72. The quantitative estimate of drug-likeness (QED) is 0.651. The predicted molar refractivity (Wildman–Crippen MR) is 99.8 cm³/mol. The Kier molecular flexibility index (Phi) is 6.03. The van der Waals surface area contributed by atoms with Gasteiger partial charge in [-0.25, -0.2) is 8.78 Å². The molecule has 0 spiro atoms. The number of amides is 1. The summed E-state index contributed by atoms with van der Waals surface area (Å²) in [5.41, 5.74) is -0.469. The van der Waals surface area contributed by atoms with Crippen LogP contribution in [0.15, 0.2) is 53.7 Å². The molecule has 3 aromatic rings. The van der Waals surface area contributed by atoms with Crippen molar-refractivity contribution in [2.45, 2.75) is 19.4 Å². The van der Waals surface area contributed by atoms with E-state index in [0.29, 0.717) is 11.3 Å². The van der Waals surface area contributed by atoms with Crippen LogP contribution in [0.4, 0.5) is 8.78 Å². The van der Waals surface area contributed by atoms with E-state index in [1.54, 1.807) is 19.1 Å². The van der Waals surface area contributed by atoms with Gasteiger partial charge in [0, 0.05) is 24.0 Å². The van der Waals surface area contributed by atoms with Crippen molar-refractivity contribution < 1.29 is 18.7 Å². The summed E-state index contributed by atoms with van der Waals surface area (Å²) < 4.78 is 26.5. The summed E-state index contributed by atoms with van der Waals surface area (Å²) in [5.74, 6) is -0.699. The summed E-state index contributed by atoms with van der Waals surface area (Å²) in [7, 11) is 0. The van der Waals surface area contributed by atoms with E-state index in [1.807, 2.05) is 0 Å². The molecule has 0 fully saturated rings. The first-order valence-corrected chi connectivity index (χ1v) is 8.61. The number of aliphatic hydroxyl groups is 1. The van der Waals surface area contributed by atoms with Crippen LogP contribution in [-0.4, -0.2) is 43.4 Å². The molecule has 0 aliphatic heterocycles. The molecular formula is C19H17F2N5O3. The van der Waals surface area contributed by atoms with Crippen LogP contribution in [0, 0.1) is 0 Å². The summed E-state index contributed by atoms with van der Waals surface area (Å²) in [6.45, 7) is 1.27. The predicted octanol–water partition coefficient (Wildman–Crippen LogP) is 1.74. The standard InChI is InChI=1S/C19H17F2N5O3/c1-11(10-27)24-18(28)14-7-16(12-4-5-15(17(20)21)23-8-12)25-26(19(14)29)13-3-2-6-22-9-13/h2-9,11,17,27H,10H2,1H3,(H,24,28). The van der Waals surface area contributed by atoms with E-state index in [9.17, 15) is 18.4 Å². The third-order valence-electron chi connectivity index (χ3n) is 4.00. The van der Waals surface area contributed by atoms with E-state index in [0.717, 1.165) is 10.7 Å². The Labute approximate surface area is 163 Å². The molecule has 1 unspecified atom stereocenters. The maximum absolute atomic E-state index is 12.8. The molecule has 0 aliphatic carbocycles. The molecule has 0 saturated heterocycles. The van der Waals surface area contributed by atoms with Gasteiger partial charge in [-0.05, 0) is 37.3 Å². The largest absolute Gasteiger partial charge is 0.394 e. The van der Waals surface area contributed by atoms with Crippen molar-refractivity contribution >= 4 is 5.91 Å². The Morgan fingerprint density at radius 1 is 1.28 bits per heavy atom. The van der Waals surface area contributed by atoms with Gasteiger partial charge in [0.1, 0.15) is 11.3 Å². The zero-order chi connectivity index (χ0) is 21.0. The number of nitrogens with one attached hydrogen (secondary N) is 1. The molecule has 1 amide bonds. The van der Waals surface area contributed by atoms with Crippen LogP contribution in [0.2, 0.25) is 0 Å². The van der Waals surface area contributed by atoms with Crippen molar-refractivity contribution in [3.63, 3.8) is 0 Å². The van der Waals surface area contributed by atoms with Gasteiger partial charge in [-0.2, -0.15) is 9.78 Å². The number of carbonyl (C=O) groups is 1. The van der Waals surface area contributed by atoms with Gasteiger partial charge in [0.25, 0.3) is 17.9 Å². The summed E-state index contributed by atoms with van der Waals surface area (Å²) in [4.78, 5) is 33.0. The van der Waals surface area contributed by atoms with Crippen LogP contribution in [0.25, 0.3) is 16.9 Å². The topological polar surface area (TPSA) is 110 Å². The van der Waals surface area contributed by atoms with Crippen LogP contribution < -0.4 is 10.9 Å². The molecule has 1 atom stereocenters. The molecule has 0 saturated carbocycles. The Hall–Kier alpha value is -3.53. The van der Waals surface area contributed by atoms with Crippen molar-refractivity contribution in [3.05, 3.63) is 70.5 Å². The van der Waals surface area contributed by atoms with Crippen molar-refractivity contribution in [3.8, 4) is 16.9 Å². The summed E-state index contributed by atoms with van der Waals surface area (Å²) in [6, 6.07) is 6.40. The van der Waals surface area contributed by atoms with Crippen LogP contribution in [0.3, 0.4) is 0 Å². The number of aromatic nitrogens is 4. The number of rotatable bonds is 6. The molecule has 0 radical (unpaired) electrons. The van der Waals surface area contributed by atoms with E-state index in [2.05, 4.69) is 20.4 Å². The molecule has 0 bridgehead atoms. The van der Waals surface area contributed by atoms with Gasteiger partial charge in [-0.3, -0.25) is 19.6 Å². The second-order valence-electron chi connectivity index (χ2n) is 6.20. The van der Waals surface area contributed by atoms with E-state index in [1.165, 1.54) is 30.7 Å². The van der Waals surface area contributed by atoms with E-state index in [4.69, 9.17) is 5.11 Å². The number of pyridine rings is 2. The van der Waals surface area contributed by atoms with Gasteiger partial charge in [0.2, 0.25) is 0 Å². The third-order valence-corrected chi connectivity index (χ3v) is 4.00. The molecule has 0 aliphatic rings. The molecular weight excluding hydrogens is 384 g/mol. The average Bonchev–Trinajstić information content (AvgIpc) is 2.74. The van der Waals surface area contributed by atoms with Gasteiger partial charge in [0.15, 0.2) is 0 Å². The van der Waals surface area contributed by atoms with E-state index in [-0.39, 0.29) is 17.9 Å². The van der Waals surface area contributed by atoms with Crippen molar-refractivity contribution in [2.24, 2.45) is 0 Å². The minimum absolute atomic E-state index is 0.184. The number of aliphatic hydroxyl groups excluding tert-OH is 1. The molecule has 3 aromatic heterocycles. The minimum Gasteiger partial charge on any atom is -0.394 e. The number of halogens is 2. The zero-order valence-corrected chi connectivity index (χ0v) is 15.3. The van der Waals surface area contributed by atoms with Gasteiger partial charge in [-0.15, -0.1) is 0 Å². The van der Waals surface area contributed by atoms with Crippen molar-refractivity contribution in [2.75, 3.05) is 6.61 Å². The molecule has 10 heteroatoms. The van der Waals surface area contributed by atoms with E-state index < -0.39 is 29.6 Å². The lowest BCUT2D eigenvalue weighted by molar-refractivity contribution is 0.0920. The van der Waals surface area contributed by atoms with Crippen molar-refractivity contribution in [1.29, 1.82) is 0 Å². The highest BCUT2D eigenvalue weighted by Crippen LogP contribution is 2.21. The van der Waals surface area contributed by atoms with Crippen LogP contribution in [0.1, 0.15) is 29.4 Å². The van der Waals surface area contributed by atoms with Crippen LogP contribution >= 0.6 is 0 Å². The number of carbonyl (C=O) groups excluding carboxylic acids is 1. The third kappa shape index (κ3) is 4.49. The lowest BCUT2D eigenvalue weighted by Gasteiger charge is -2.13. The van der Waals surface area contributed by atoms with Crippen molar-refractivity contribution in [1.82, 2.24) is 25.1 Å². The van der Waals surface area contributed by atoms with Gasteiger partial charge in [0.05, 0.1) is 24.2 Å². The summed E-state index contributed by atoms with van der Waals surface area (Å²) >= 11 is 0. The molecule has 2 N–H and O–H groups in total. The Morgan fingerprint density at radius 3 is 2.66 bits per heavy atom. The lowest BCUT2D eigenvalue weighted by atomic mass is 10.1. The van der Waals surface area contributed by atoms with Crippen LogP contribution in [-0.2, 0) is 0 Å². The fourth-order valence-electron chi connectivity index (χ4n) is 2.49. The second kappa shape index (κ2) is 8.65. The Bertz CT molecular complexity index is 1060. The highest BCUT2D eigenvalue weighted by molar-refractivity contribution is 5.95.